The summed E-state index contributed by atoms with van der Waals surface area (Å²) >= 11 is 9.66. The number of nitrogens with zero attached hydrogens (tertiary/aromatic N) is 5. The number of halogens is 2. The minimum atomic E-state index is 0.166. The molecule has 0 unspecified atom stereocenters. The molecular formula is C14H16BrClN6O2. The fourth-order valence-corrected chi connectivity index (χ4v) is 2.67. The van der Waals surface area contributed by atoms with E-state index in [2.05, 4.69) is 47.8 Å². The molecule has 0 radical (unpaired) electrons. The van der Waals surface area contributed by atoms with Gasteiger partial charge in [0.05, 0.1) is 12.8 Å². The van der Waals surface area contributed by atoms with Crippen LogP contribution in [0.4, 0.5) is 5.82 Å². The van der Waals surface area contributed by atoms with E-state index >= 15 is 0 Å². The van der Waals surface area contributed by atoms with Gasteiger partial charge in [-0.3, -0.25) is 0 Å². The maximum atomic E-state index is 6.22. The number of nitrogen functional groups attached to an aromatic ring is 1. The summed E-state index contributed by atoms with van der Waals surface area (Å²) in [6.45, 7) is 5.22. The van der Waals surface area contributed by atoms with Gasteiger partial charge in [-0.15, -0.1) is 0 Å². The molecule has 0 aliphatic rings. The van der Waals surface area contributed by atoms with Crippen LogP contribution in [-0.2, 0) is 6.54 Å². The van der Waals surface area contributed by atoms with Gasteiger partial charge in [-0.05, 0) is 23.2 Å². The Morgan fingerprint density at radius 1 is 1.46 bits per heavy atom. The average molecular weight is 416 g/mol. The van der Waals surface area contributed by atoms with Crippen molar-refractivity contribution < 1.29 is 9.37 Å². The first-order valence-electron chi connectivity index (χ1n) is 7.38. The Bertz CT molecular complexity index is 864. The Balaban J connectivity index is 2.16. The van der Waals surface area contributed by atoms with Crippen molar-refractivity contribution in [1.29, 1.82) is 0 Å². The number of ether oxygens (including phenoxy) is 1. The summed E-state index contributed by atoms with van der Waals surface area (Å²) in [5.74, 6) is 1.64. The van der Waals surface area contributed by atoms with Crippen molar-refractivity contribution in [2.45, 2.75) is 20.4 Å². The standard InChI is InChI=1S/C14H16BrClN6O2/c1-3-22-11-8(23-6-7(2)4-15)5-18-12(16)9(11)19-14(22)10-13(17)21-24-20-10/h5,7H,3-4,6H2,1-2H3,(H2,17,21)/t7-/m0/s1. The lowest BCUT2D eigenvalue weighted by Gasteiger charge is -2.13. The van der Waals surface area contributed by atoms with Gasteiger partial charge >= 0.3 is 0 Å². The van der Waals surface area contributed by atoms with Crippen LogP contribution in [0.25, 0.3) is 22.6 Å². The largest absolute Gasteiger partial charge is 0.489 e. The van der Waals surface area contributed by atoms with Crippen molar-refractivity contribution in [3.63, 3.8) is 0 Å². The first kappa shape index (κ1) is 17.0. The Morgan fingerprint density at radius 3 is 2.88 bits per heavy atom. The number of hydrogen-bond donors (Lipinski definition) is 1. The number of imidazole rings is 1. The quantitative estimate of drug-likeness (QED) is 0.487. The molecule has 3 aromatic rings. The topological polar surface area (TPSA) is 105 Å². The van der Waals surface area contributed by atoms with Gasteiger partial charge < -0.3 is 15.0 Å². The van der Waals surface area contributed by atoms with Crippen LogP contribution in [0.1, 0.15) is 13.8 Å². The number of alkyl halides is 1. The third-order valence-corrected chi connectivity index (χ3v) is 4.90. The summed E-state index contributed by atoms with van der Waals surface area (Å²) < 4.78 is 12.5. The molecular weight excluding hydrogens is 400 g/mol. The van der Waals surface area contributed by atoms with Gasteiger partial charge in [0.1, 0.15) is 11.0 Å². The predicted molar refractivity (Wildman–Crippen MR) is 94.4 cm³/mol. The highest BCUT2D eigenvalue weighted by Gasteiger charge is 2.23. The molecule has 0 fully saturated rings. The van der Waals surface area contributed by atoms with Crippen LogP contribution in [0.2, 0.25) is 5.15 Å². The van der Waals surface area contributed by atoms with E-state index in [1.165, 1.54) is 0 Å². The third-order valence-electron chi connectivity index (χ3n) is 3.52. The minimum Gasteiger partial charge on any atom is -0.489 e. The fourth-order valence-electron chi connectivity index (χ4n) is 2.31. The van der Waals surface area contributed by atoms with Crippen molar-refractivity contribution in [1.82, 2.24) is 24.8 Å². The normalized spacial score (nSPS) is 12.7. The molecule has 3 aromatic heterocycles. The predicted octanol–water partition coefficient (Wildman–Crippen LogP) is 3.15. The zero-order valence-corrected chi connectivity index (χ0v) is 15.5. The van der Waals surface area contributed by atoms with E-state index < -0.39 is 0 Å². The molecule has 2 N–H and O–H groups in total. The number of pyridine rings is 1. The first-order valence-corrected chi connectivity index (χ1v) is 8.88. The third kappa shape index (κ3) is 2.93. The van der Waals surface area contributed by atoms with Crippen molar-refractivity contribution >= 4 is 44.4 Å². The van der Waals surface area contributed by atoms with E-state index in [9.17, 15) is 0 Å². The average Bonchev–Trinajstić information content (AvgIpc) is 3.17. The van der Waals surface area contributed by atoms with Gasteiger partial charge in [-0.2, -0.15) is 0 Å². The van der Waals surface area contributed by atoms with Crippen molar-refractivity contribution in [3.05, 3.63) is 11.3 Å². The van der Waals surface area contributed by atoms with Crippen LogP contribution in [-0.4, -0.2) is 36.8 Å². The van der Waals surface area contributed by atoms with Crippen LogP contribution >= 0.6 is 27.5 Å². The van der Waals surface area contributed by atoms with Crippen LogP contribution in [0.3, 0.4) is 0 Å². The lowest BCUT2D eigenvalue weighted by Crippen LogP contribution is -2.10. The van der Waals surface area contributed by atoms with Crippen molar-refractivity contribution in [3.8, 4) is 17.3 Å². The summed E-state index contributed by atoms with van der Waals surface area (Å²) in [6, 6.07) is 0. The molecule has 3 rings (SSSR count). The molecule has 1 atom stereocenters. The molecule has 0 amide bonds. The molecule has 0 spiro atoms. The molecule has 24 heavy (non-hydrogen) atoms. The molecule has 0 aliphatic heterocycles. The van der Waals surface area contributed by atoms with Crippen LogP contribution < -0.4 is 10.5 Å². The van der Waals surface area contributed by atoms with E-state index in [0.29, 0.717) is 41.9 Å². The monoisotopic (exact) mass is 414 g/mol. The van der Waals surface area contributed by atoms with Crippen molar-refractivity contribution in [2.24, 2.45) is 5.92 Å². The van der Waals surface area contributed by atoms with Gasteiger partial charge in [0.25, 0.3) is 0 Å². The lowest BCUT2D eigenvalue weighted by atomic mass is 10.2. The van der Waals surface area contributed by atoms with Crippen molar-refractivity contribution in [2.75, 3.05) is 17.7 Å². The van der Waals surface area contributed by atoms with Gasteiger partial charge in [-0.25, -0.2) is 14.6 Å². The Morgan fingerprint density at radius 2 is 2.25 bits per heavy atom. The van der Waals surface area contributed by atoms with E-state index in [0.717, 1.165) is 10.8 Å². The lowest BCUT2D eigenvalue weighted by molar-refractivity contribution is 0.275. The van der Waals surface area contributed by atoms with Crippen LogP contribution in [0, 0.1) is 5.92 Å². The zero-order valence-electron chi connectivity index (χ0n) is 13.2. The number of fused-ring (bicyclic) bond motifs is 1. The molecule has 0 saturated heterocycles. The van der Waals surface area contributed by atoms with Crippen LogP contribution in [0.15, 0.2) is 10.8 Å². The number of aromatic nitrogens is 5. The molecule has 0 aliphatic carbocycles. The van der Waals surface area contributed by atoms with E-state index in [1.807, 2.05) is 11.5 Å². The second-order valence-corrected chi connectivity index (χ2v) is 6.36. The van der Waals surface area contributed by atoms with E-state index in [1.54, 1.807) is 6.20 Å². The molecule has 10 heteroatoms. The van der Waals surface area contributed by atoms with Gasteiger partial charge in [-0.1, -0.05) is 34.5 Å². The number of hydrogen-bond acceptors (Lipinski definition) is 7. The Kier molecular flexibility index (Phi) is 4.91. The summed E-state index contributed by atoms with van der Waals surface area (Å²) in [6.07, 6.45) is 1.60. The number of nitrogens with two attached hydrogens (primary N) is 1. The van der Waals surface area contributed by atoms with Gasteiger partial charge in [0, 0.05) is 11.9 Å². The van der Waals surface area contributed by atoms with Gasteiger partial charge in [0.15, 0.2) is 28.2 Å². The highest BCUT2D eigenvalue weighted by atomic mass is 79.9. The molecule has 0 saturated carbocycles. The second-order valence-electron chi connectivity index (χ2n) is 5.36. The number of aryl methyl sites for hydroxylation is 1. The highest BCUT2D eigenvalue weighted by molar-refractivity contribution is 9.09. The zero-order chi connectivity index (χ0) is 17.3. The second kappa shape index (κ2) is 6.94. The fraction of sp³-hybridized carbons (Fsp3) is 0.429. The first-order chi connectivity index (χ1) is 11.6. The van der Waals surface area contributed by atoms with E-state index in [-0.39, 0.29) is 11.0 Å². The Labute approximate surface area is 151 Å². The number of anilines is 1. The summed E-state index contributed by atoms with van der Waals surface area (Å²) in [5, 5.41) is 8.57. The van der Waals surface area contributed by atoms with E-state index in [4.69, 9.17) is 22.1 Å². The molecule has 0 aromatic carbocycles. The molecule has 128 valence electrons. The smallest absolute Gasteiger partial charge is 0.199 e. The maximum Gasteiger partial charge on any atom is 0.199 e. The summed E-state index contributed by atoms with van der Waals surface area (Å²) in [5.41, 5.74) is 7.44. The summed E-state index contributed by atoms with van der Waals surface area (Å²) in [7, 11) is 0. The Hall–Kier alpha value is -1.87. The van der Waals surface area contributed by atoms with Crippen LogP contribution in [0.5, 0.6) is 5.75 Å². The number of rotatable bonds is 6. The molecule has 0 bridgehead atoms. The summed E-state index contributed by atoms with van der Waals surface area (Å²) in [4.78, 5) is 8.70. The highest BCUT2D eigenvalue weighted by Crippen LogP contribution is 2.34. The maximum absolute atomic E-state index is 6.22. The van der Waals surface area contributed by atoms with Gasteiger partial charge in [0.2, 0.25) is 0 Å². The molecule has 8 nitrogen and oxygen atoms in total. The minimum absolute atomic E-state index is 0.166. The SMILES string of the molecule is CCn1c(-c2nonc2N)nc2c(Cl)ncc(OC[C@@H](C)CBr)c21. The molecule has 3 heterocycles.